The van der Waals surface area contributed by atoms with Gasteiger partial charge in [0.15, 0.2) is 0 Å². The number of thiazole rings is 1. The average molecular weight is 275 g/mol. The maximum absolute atomic E-state index is 4.38. The summed E-state index contributed by atoms with van der Waals surface area (Å²) in [6.07, 6.45) is 3.02. The Balaban J connectivity index is 2.51. The fraction of sp³-hybridized carbons (Fsp3) is 0.500. The summed E-state index contributed by atoms with van der Waals surface area (Å²) >= 11 is 5.09. The first-order valence-corrected chi connectivity index (χ1v) is 6.25. The molecule has 0 saturated heterocycles. The molecule has 0 aliphatic rings. The fourth-order valence-electron chi connectivity index (χ4n) is 1.04. The van der Waals surface area contributed by atoms with E-state index in [9.17, 15) is 0 Å². The van der Waals surface area contributed by atoms with Crippen LogP contribution in [-0.2, 0) is 6.42 Å². The summed E-state index contributed by atoms with van der Waals surface area (Å²) in [5.41, 5.74) is 0. The van der Waals surface area contributed by atoms with Crippen LogP contribution < -0.4 is 5.32 Å². The molecule has 1 heterocycles. The molecule has 78 valence electrons. The molecule has 1 atom stereocenters. The first kappa shape index (κ1) is 11.9. The third-order valence-electron chi connectivity index (χ3n) is 1.89. The quantitative estimate of drug-likeness (QED) is 0.892. The van der Waals surface area contributed by atoms with Gasteiger partial charge in [0.05, 0.1) is 6.04 Å². The topological polar surface area (TPSA) is 24.9 Å². The van der Waals surface area contributed by atoms with Crippen LogP contribution in [0.4, 0.5) is 0 Å². The number of nitrogens with zero attached hydrogens (tertiary/aromatic N) is 1. The zero-order valence-electron chi connectivity index (χ0n) is 8.51. The summed E-state index contributed by atoms with van der Waals surface area (Å²) in [7, 11) is 0. The van der Waals surface area contributed by atoms with E-state index in [0.717, 1.165) is 22.5 Å². The lowest BCUT2D eigenvalue weighted by atomic mass is 10.3. The predicted molar refractivity (Wildman–Crippen MR) is 66.0 cm³/mol. The highest BCUT2D eigenvalue weighted by molar-refractivity contribution is 9.11. The van der Waals surface area contributed by atoms with Crippen LogP contribution in [0.15, 0.2) is 17.3 Å². The highest BCUT2D eigenvalue weighted by atomic mass is 79.9. The van der Waals surface area contributed by atoms with Crippen LogP contribution in [0.5, 0.6) is 0 Å². The summed E-state index contributed by atoms with van der Waals surface area (Å²) < 4.78 is 0.969. The second-order valence-electron chi connectivity index (χ2n) is 3.14. The maximum atomic E-state index is 4.38. The van der Waals surface area contributed by atoms with Crippen molar-refractivity contribution in [3.8, 4) is 0 Å². The van der Waals surface area contributed by atoms with Gasteiger partial charge in [0, 0.05) is 22.1 Å². The molecule has 4 heteroatoms. The molecule has 0 fully saturated rings. The van der Waals surface area contributed by atoms with E-state index in [0.29, 0.717) is 6.04 Å². The van der Waals surface area contributed by atoms with Crippen molar-refractivity contribution in [3.63, 3.8) is 0 Å². The van der Waals surface area contributed by atoms with E-state index in [-0.39, 0.29) is 0 Å². The molecular formula is C10H15BrN2S. The fourth-order valence-corrected chi connectivity index (χ4v) is 2.08. The van der Waals surface area contributed by atoms with Gasteiger partial charge >= 0.3 is 0 Å². The average Bonchev–Trinajstić information content (AvgIpc) is 2.62. The zero-order valence-corrected chi connectivity index (χ0v) is 10.9. The minimum atomic E-state index is 0.301. The van der Waals surface area contributed by atoms with Crippen molar-refractivity contribution in [2.45, 2.75) is 26.3 Å². The van der Waals surface area contributed by atoms with E-state index in [1.807, 2.05) is 6.20 Å². The molecule has 1 aromatic heterocycles. The number of hydrogen-bond acceptors (Lipinski definition) is 3. The molecule has 2 nitrogen and oxygen atoms in total. The van der Waals surface area contributed by atoms with Crippen molar-refractivity contribution in [2.24, 2.45) is 0 Å². The van der Waals surface area contributed by atoms with Gasteiger partial charge in [-0.2, -0.15) is 0 Å². The monoisotopic (exact) mass is 274 g/mol. The number of halogens is 1. The number of rotatable bonds is 5. The summed E-state index contributed by atoms with van der Waals surface area (Å²) in [5.74, 6) is 0. The molecule has 0 radical (unpaired) electrons. The molecule has 0 amide bonds. The molecule has 1 N–H and O–H groups in total. The van der Waals surface area contributed by atoms with Crippen molar-refractivity contribution >= 4 is 27.3 Å². The molecule has 14 heavy (non-hydrogen) atoms. The van der Waals surface area contributed by atoms with Crippen LogP contribution in [0.3, 0.4) is 0 Å². The highest BCUT2D eigenvalue weighted by Gasteiger charge is 2.08. The van der Waals surface area contributed by atoms with Gasteiger partial charge in [0.25, 0.3) is 0 Å². The number of hydrogen-bond donors (Lipinski definition) is 1. The molecule has 0 aliphatic carbocycles. The third kappa shape index (κ3) is 3.52. The van der Waals surface area contributed by atoms with Crippen LogP contribution in [0.2, 0.25) is 0 Å². The molecule has 0 spiro atoms. The van der Waals surface area contributed by atoms with Crippen molar-refractivity contribution < 1.29 is 0 Å². The molecule has 0 aliphatic heterocycles. The lowest BCUT2D eigenvalue weighted by Gasteiger charge is -2.09. The molecule has 1 rings (SSSR count). The summed E-state index contributed by atoms with van der Waals surface area (Å²) in [6, 6.07) is 0.301. The van der Waals surface area contributed by atoms with Crippen molar-refractivity contribution in [2.75, 3.05) is 6.54 Å². The normalized spacial score (nSPS) is 12.8. The second-order valence-corrected chi connectivity index (χ2v) is 5.41. The van der Waals surface area contributed by atoms with E-state index in [1.165, 1.54) is 4.88 Å². The lowest BCUT2D eigenvalue weighted by molar-refractivity contribution is 0.612. The Morgan fingerprint density at radius 2 is 2.50 bits per heavy atom. The predicted octanol–water partition coefficient (Wildman–Crippen LogP) is 3.26. The van der Waals surface area contributed by atoms with Crippen LogP contribution >= 0.6 is 27.3 Å². The minimum absolute atomic E-state index is 0.301. The van der Waals surface area contributed by atoms with Crippen molar-refractivity contribution in [1.29, 1.82) is 0 Å². The third-order valence-corrected chi connectivity index (χ3v) is 3.50. The Hall–Kier alpha value is -0.190. The molecule has 1 unspecified atom stereocenters. The Morgan fingerprint density at radius 3 is 3.00 bits per heavy atom. The van der Waals surface area contributed by atoms with E-state index < -0.39 is 0 Å². The Kier molecular flexibility index (Phi) is 4.78. The zero-order chi connectivity index (χ0) is 10.6. The van der Waals surface area contributed by atoms with Gasteiger partial charge in [0.2, 0.25) is 0 Å². The van der Waals surface area contributed by atoms with Crippen LogP contribution in [0.25, 0.3) is 0 Å². The van der Waals surface area contributed by atoms with Gasteiger partial charge in [-0.25, -0.2) is 4.98 Å². The number of aromatic nitrogens is 1. The molecular weight excluding hydrogens is 260 g/mol. The Labute approximate surface area is 97.6 Å². The van der Waals surface area contributed by atoms with E-state index in [1.54, 1.807) is 11.3 Å². The minimum Gasteiger partial charge on any atom is -0.304 e. The standard InChI is InChI=1S/C10H15BrN2S/c1-4-9-6-13-10(14-9)8(3)12-5-7(2)11/h6,8,12H,2,4-5H2,1,3H3. The number of nitrogens with one attached hydrogen (secondary N) is 1. The lowest BCUT2D eigenvalue weighted by Crippen LogP contribution is -2.19. The molecule has 0 bridgehead atoms. The second kappa shape index (κ2) is 5.63. The first-order chi connectivity index (χ1) is 6.63. The van der Waals surface area contributed by atoms with Crippen molar-refractivity contribution in [3.05, 3.63) is 27.1 Å². The summed E-state index contributed by atoms with van der Waals surface area (Å²) in [6.45, 7) is 8.83. The summed E-state index contributed by atoms with van der Waals surface area (Å²) in [5, 5.41) is 4.49. The smallest absolute Gasteiger partial charge is 0.109 e. The first-order valence-electron chi connectivity index (χ1n) is 4.64. The number of aryl methyl sites for hydroxylation is 1. The van der Waals surface area contributed by atoms with Crippen LogP contribution in [0, 0.1) is 0 Å². The van der Waals surface area contributed by atoms with E-state index in [4.69, 9.17) is 0 Å². The summed E-state index contributed by atoms with van der Waals surface area (Å²) in [4.78, 5) is 5.72. The Bertz CT molecular complexity index is 309. The van der Waals surface area contributed by atoms with Crippen LogP contribution in [-0.4, -0.2) is 11.5 Å². The van der Waals surface area contributed by atoms with Gasteiger partial charge in [-0.15, -0.1) is 11.3 Å². The van der Waals surface area contributed by atoms with Crippen molar-refractivity contribution in [1.82, 2.24) is 10.3 Å². The van der Waals surface area contributed by atoms with Gasteiger partial charge in [0.1, 0.15) is 5.01 Å². The van der Waals surface area contributed by atoms with Gasteiger partial charge in [-0.1, -0.05) is 29.4 Å². The molecule has 0 aromatic carbocycles. The van der Waals surface area contributed by atoms with E-state index >= 15 is 0 Å². The Morgan fingerprint density at radius 1 is 1.79 bits per heavy atom. The SMILES string of the molecule is C=C(Br)CNC(C)c1ncc(CC)s1. The maximum Gasteiger partial charge on any atom is 0.109 e. The van der Waals surface area contributed by atoms with Crippen LogP contribution in [0.1, 0.15) is 29.8 Å². The largest absolute Gasteiger partial charge is 0.304 e. The van der Waals surface area contributed by atoms with Gasteiger partial charge in [-0.05, 0) is 13.3 Å². The highest BCUT2D eigenvalue weighted by Crippen LogP contribution is 2.20. The van der Waals surface area contributed by atoms with E-state index in [2.05, 4.69) is 46.7 Å². The van der Waals surface area contributed by atoms with Gasteiger partial charge in [-0.3, -0.25) is 0 Å². The van der Waals surface area contributed by atoms with Gasteiger partial charge < -0.3 is 5.32 Å². The molecule has 0 saturated carbocycles. The molecule has 1 aromatic rings.